The van der Waals surface area contributed by atoms with E-state index < -0.39 is 11.7 Å². The van der Waals surface area contributed by atoms with Crippen molar-refractivity contribution in [3.63, 3.8) is 0 Å². The molecule has 9 heteroatoms. The molecule has 3 heterocycles. The number of aromatic nitrogens is 2. The van der Waals surface area contributed by atoms with Crippen LogP contribution in [0.4, 0.5) is 13.2 Å². The van der Waals surface area contributed by atoms with Crippen LogP contribution in [0, 0.1) is 18.8 Å². The van der Waals surface area contributed by atoms with E-state index in [1.54, 1.807) is 35.4 Å². The number of aryl methyl sites for hydroxylation is 1. The lowest BCUT2D eigenvalue weighted by atomic mass is 9.96. The number of nitrogens with one attached hydrogen (secondary N) is 1. The number of amides is 1. The highest BCUT2D eigenvalue weighted by Gasteiger charge is 2.34. The number of hydrogen-bond acceptors (Lipinski definition) is 4. The summed E-state index contributed by atoms with van der Waals surface area (Å²) in [6.07, 6.45) is -1.23. The molecule has 6 nitrogen and oxygen atoms in total. The lowest BCUT2D eigenvalue weighted by Crippen LogP contribution is -2.47. The summed E-state index contributed by atoms with van der Waals surface area (Å²) in [5, 5.41) is 2.67. The Morgan fingerprint density at radius 3 is 2.74 bits per heavy atom. The Kier molecular flexibility index (Phi) is 7.22. The van der Waals surface area contributed by atoms with Crippen molar-refractivity contribution in [1.29, 1.82) is 0 Å². The number of carbonyl (C=O) groups is 2. The molecule has 1 N–H and O–H groups in total. The Balaban J connectivity index is 1.36. The summed E-state index contributed by atoms with van der Waals surface area (Å²) < 4.78 is 43.6. The molecule has 198 valence electrons. The number of ketones is 1. The van der Waals surface area contributed by atoms with Crippen molar-refractivity contribution in [1.82, 2.24) is 19.6 Å². The molecule has 2 aromatic carbocycles. The third kappa shape index (κ3) is 6.02. The van der Waals surface area contributed by atoms with Gasteiger partial charge in [0.05, 0.1) is 18.3 Å². The topological polar surface area (TPSA) is 66.7 Å². The van der Waals surface area contributed by atoms with E-state index in [1.165, 1.54) is 6.07 Å². The van der Waals surface area contributed by atoms with Crippen molar-refractivity contribution in [2.24, 2.45) is 0 Å². The molecule has 0 aliphatic carbocycles. The zero-order valence-electron chi connectivity index (χ0n) is 21.2. The van der Waals surface area contributed by atoms with Gasteiger partial charge in [-0.3, -0.25) is 18.9 Å². The van der Waals surface area contributed by atoms with Crippen LogP contribution in [0.1, 0.15) is 43.9 Å². The van der Waals surface area contributed by atoms with E-state index in [0.29, 0.717) is 29.9 Å². The van der Waals surface area contributed by atoms with Crippen molar-refractivity contribution >= 4 is 17.3 Å². The van der Waals surface area contributed by atoms with Crippen molar-refractivity contribution in [2.45, 2.75) is 26.1 Å². The fourth-order valence-electron chi connectivity index (χ4n) is 4.58. The molecular formula is C30H25F3N4O2. The smallest absolute Gasteiger partial charge is 0.354 e. The fourth-order valence-corrected chi connectivity index (χ4v) is 4.58. The van der Waals surface area contributed by atoms with Crippen molar-refractivity contribution in [3.8, 4) is 11.8 Å². The van der Waals surface area contributed by atoms with Crippen LogP contribution in [0.2, 0.25) is 0 Å². The Bertz CT molecular complexity index is 1630. The predicted octanol–water partition coefficient (Wildman–Crippen LogP) is 4.42. The van der Waals surface area contributed by atoms with Gasteiger partial charge in [0.1, 0.15) is 11.3 Å². The molecule has 1 saturated heterocycles. The molecule has 2 aromatic heterocycles. The van der Waals surface area contributed by atoms with Gasteiger partial charge in [-0.1, -0.05) is 36.3 Å². The molecule has 1 amide bonds. The van der Waals surface area contributed by atoms with Crippen LogP contribution < -0.4 is 5.32 Å². The molecule has 1 fully saturated rings. The van der Waals surface area contributed by atoms with Crippen LogP contribution in [0.3, 0.4) is 0 Å². The molecule has 0 atom stereocenters. The van der Waals surface area contributed by atoms with Gasteiger partial charge in [0.25, 0.3) is 0 Å². The summed E-state index contributed by atoms with van der Waals surface area (Å²) in [4.78, 5) is 30.7. The minimum absolute atomic E-state index is 0.00293. The predicted molar refractivity (Wildman–Crippen MR) is 140 cm³/mol. The Morgan fingerprint density at radius 1 is 1.10 bits per heavy atom. The molecule has 0 radical (unpaired) electrons. The number of imidazole rings is 1. The van der Waals surface area contributed by atoms with Gasteiger partial charge in [-0.25, -0.2) is 4.98 Å². The third-order valence-corrected chi connectivity index (χ3v) is 6.66. The molecule has 0 saturated carbocycles. The summed E-state index contributed by atoms with van der Waals surface area (Å²) in [5.41, 5.74) is 2.94. The monoisotopic (exact) mass is 530 g/mol. The minimum Gasteiger partial charge on any atom is -0.354 e. The van der Waals surface area contributed by atoms with Crippen LogP contribution >= 0.6 is 0 Å². The first-order valence-corrected chi connectivity index (χ1v) is 12.4. The molecule has 1 aliphatic heterocycles. The van der Waals surface area contributed by atoms with Crippen molar-refractivity contribution in [2.75, 3.05) is 19.6 Å². The van der Waals surface area contributed by atoms with E-state index in [4.69, 9.17) is 0 Å². The van der Waals surface area contributed by atoms with Crippen LogP contribution in [0.5, 0.6) is 0 Å². The second-order valence-corrected chi connectivity index (χ2v) is 9.50. The molecule has 1 aliphatic rings. The van der Waals surface area contributed by atoms with Crippen LogP contribution in [0.25, 0.3) is 5.65 Å². The highest BCUT2D eigenvalue weighted by molar-refractivity contribution is 5.98. The molecule has 5 rings (SSSR count). The lowest BCUT2D eigenvalue weighted by molar-refractivity contribution is -0.138. The number of benzene rings is 2. The number of rotatable bonds is 5. The number of alkyl halides is 3. The minimum atomic E-state index is -4.59. The Morgan fingerprint density at radius 2 is 1.95 bits per heavy atom. The summed E-state index contributed by atoms with van der Waals surface area (Å²) >= 11 is 0. The fraction of sp³-hybridized carbons (Fsp3) is 0.233. The number of hydrogen-bond donors (Lipinski definition) is 1. The SMILES string of the molecule is Cc1ccc(C(=O)Cc2ccc(CN3CCNC(=O)C3)c(C(F)(F)F)c2)cc1C#Cc1cnc2ccccn12. The van der Waals surface area contributed by atoms with Gasteiger partial charge >= 0.3 is 6.18 Å². The number of carbonyl (C=O) groups excluding carboxylic acids is 2. The van der Waals surface area contributed by atoms with E-state index in [0.717, 1.165) is 17.3 Å². The standard InChI is InChI=1S/C30H25F3N4O2/c1-20-5-7-23(16-22(20)9-10-25-17-35-28-4-2-3-12-37(25)28)27(38)15-21-6-8-24(26(14-21)30(31,32)33)18-36-13-11-34-29(39)19-36/h2-8,12,14,16-17H,11,13,15,18-19H2,1H3,(H,34,39). The zero-order valence-corrected chi connectivity index (χ0v) is 21.2. The van der Waals surface area contributed by atoms with Gasteiger partial charge in [0.2, 0.25) is 5.91 Å². The second-order valence-electron chi connectivity index (χ2n) is 9.50. The zero-order chi connectivity index (χ0) is 27.6. The summed E-state index contributed by atoms with van der Waals surface area (Å²) in [5.74, 6) is 5.68. The van der Waals surface area contributed by atoms with Gasteiger partial charge in [-0.15, -0.1) is 0 Å². The number of halogens is 3. The van der Waals surface area contributed by atoms with E-state index in [2.05, 4.69) is 22.1 Å². The number of fused-ring (bicyclic) bond motifs is 1. The third-order valence-electron chi connectivity index (χ3n) is 6.66. The average molecular weight is 531 g/mol. The molecule has 4 aromatic rings. The Hall–Kier alpha value is -4.42. The van der Waals surface area contributed by atoms with Gasteiger partial charge in [-0.2, -0.15) is 13.2 Å². The average Bonchev–Trinajstić information content (AvgIpc) is 3.31. The molecule has 0 unspecified atom stereocenters. The maximum atomic E-state index is 13.9. The first kappa shape index (κ1) is 26.2. The van der Waals surface area contributed by atoms with Crippen molar-refractivity contribution in [3.05, 3.63) is 106 Å². The lowest BCUT2D eigenvalue weighted by Gasteiger charge is -2.27. The van der Waals surface area contributed by atoms with Gasteiger partial charge < -0.3 is 5.32 Å². The highest BCUT2D eigenvalue weighted by Crippen LogP contribution is 2.33. The molecule has 0 bridgehead atoms. The molecule has 39 heavy (non-hydrogen) atoms. The quantitative estimate of drug-likeness (QED) is 0.307. The maximum absolute atomic E-state index is 13.9. The van der Waals surface area contributed by atoms with E-state index >= 15 is 0 Å². The number of nitrogens with zero attached hydrogens (tertiary/aromatic N) is 3. The van der Waals surface area contributed by atoms with E-state index in [9.17, 15) is 22.8 Å². The first-order valence-electron chi connectivity index (χ1n) is 12.4. The summed E-state index contributed by atoms with van der Waals surface area (Å²) in [6, 6.07) is 14.8. The van der Waals surface area contributed by atoms with Gasteiger partial charge in [0, 0.05) is 43.4 Å². The summed E-state index contributed by atoms with van der Waals surface area (Å²) in [7, 11) is 0. The number of pyridine rings is 1. The Labute approximate surface area is 223 Å². The van der Waals surface area contributed by atoms with Crippen LogP contribution in [-0.4, -0.2) is 45.6 Å². The normalized spacial score (nSPS) is 14.1. The van der Waals surface area contributed by atoms with Crippen LogP contribution in [-0.2, 0) is 23.9 Å². The van der Waals surface area contributed by atoms with Gasteiger partial charge in [-0.05, 0) is 53.8 Å². The number of piperazine rings is 1. The molecule has 0 spiro atoms. The first-order chi connectivity index (χ1) is 18.7. The highest BCUT2D eigenvalue weighted by atomic mass is 19.4. The molecular weight excluding hydrogens is 505 g/mol. The maximum Gasteiger partial charge on any atom is 0.416 e. The van der Waals surface area contributed by atoms with Gasteiger partial charge in [0.15, 0.2) is 5.78 Å². The second kappa shape index (κ2) is 10.8. The van der Waals surface area contributed by atoms with Crippen molar-refractivity contribution < 1.29 is 22.8 Å². The van der Waals surface area contributed by atoms with E-state index in [1.807, 2.05) is 35.7 Å². The number of Topliss-reactive ketones (excluding diaryl/α,β-unsaturated/α-hetero) is 1. The summed E-state index contributed by atoms with van der Waals surface area (Å²) in [6.45, 7) is 2.80. The van der Waals surface area contributed by atoms with Crippen LogP contribution in [0.15, 0.2) is 67.0 Å². The largest absolute Gasteiger partial charge is 0.416 e. The van der Waals surface area contributed by atoms with E-state index in [-0.39, 0.29) is 42.3 Å².